The molecule has 8 heteroatoms. The van der Waals surface area contributed by atoms with Crippen LogP contribution in [-0.4, -0.2) is 39.9 Å². The van der Waals surface area contributed by atoms with E-state index in [-0.39, 0.29) is 0 Å². The van der Waals surface area contributed by atoms with Crippen molar-refractivity contribution in [2.75, 3.05) is 7.05 Å². The van der Waals surface area contributed by atoms with Gasteiger partial charge in [-0.3, -0.25) is 10.1 Å². The van der Waals surface area contributed by atoms with E-state index in [9.17, 15) is 14.4 Å². The number of carbonyl (C=O) groups is 3. The molecule has 1 heterocycles. The third-order valence-corrected chi connectivity index (χ3v) is 3.10. The molecule has 7 nitrogen and oxygen atoms in total. The number of carbonyl (C=O) groups excluding carboxylic acids is 2. The number of hydrogen-bond donors (Lipinski definition) is 2. The summed E-state index contributed by atoms with van der Waals surface area (Å²) in [5, 5.41) is 10.4. The molecular formula is C11H13N3O4S. The van der Waals surface area contributed by atoms with Gasteiger partial charge < -0.3 is 10.0 Å². The van der Waals surface area contributed by atoms with Crippen molar-refractivity contribution in [3.8, 4) is 0 Å². The standard InChI is InChI=1S/C11H13N3O4S/c1-7-8(19-6-12-7)5-14(2)11(18)13-9(15)3-4-10(16)17/h3-4,6H,5H2,1-2H3,(H,16,17)(H,13,15,18). The molecule has 0 unspecified atom stereocenters. The second-order valence-corrected chi connectivity index (χ2v) is 4.62. The quantitative estimate of drug-likeness (QED) is 0.795. The monoisotopic (exact) mass is 283 g/mol. The smallest absolute Gasteiger partial charge is 0.328 e. The number of rotatable bonds is 4. The van der Waals surface area contributed by atoms with Crippen molar-refractivity contribution in [3.05, 3.63) is 28.2 Å². The Morgan fingerprint density at radius 2 is 2.16 bits per heavy atom. The molecule has 0 aliphatic heterocycles. The summed E-state index contributed by atoms with van der Waals surface area (Å²) >= 11 is 1.42. The number of aromatic nitrogens is 1. The number of carboxylic acid groups (broad SMARTS) is 1. The van der Waals surface area contributed by atoms with Gasteiger partial charge in [0, 0.05) is 24.1 Å². The van der Waals surface area contributed by atoms with E-state index in [0.717, 1.165) is 16.6 Å². The molecule has 0 radical (unpaired) electrons. The lowest BCUT2D eigenvalue weighted by atomic mass is 10.4. The molecule has 0 saturated carbocycles. The molecule has 3 amide bonds. The van der Waals surface area contributed by atoms with Crippen molar-refractivity contribution in [1.29, 1.82) is 0 Å². The summed E-state index contributed by atoms with van der Waals surface area (Å²) in [7, 11) is 1.53. The van der Waals surface area contributed by atoms with Crippen molar-refractivity contribution < 1.29 is 19.5 Å². The van der Waals surface area contributed by atoms with Crippen molar-refractivity contribution in [3.63, 3.8) is 0 Å². The first-order valence-corrected chi connectivity index (χ1v) is 6.14. The maximum Gasteiger partial charge on any atom is 0.328 e. The number of aryl methyl sites for hydroxylation is 1. The normalized spacial score (nSPS) is 10.4. The van der Waals surface area contributed by atoms with Gasteiger partial charge in [-0.05, 0) is 6.92 Å². The lowest BCUT2D eigenvalue weighted by Gasteiger charge is -2.16. The van der Waals surface area contributed by atoms with Crippen molar-refractivity contribution >= 4 is 29.2 Å². The van der Waals surface area contributed by atoms with Gasteiger partial charge in [0.1, 0.15) is 0 Å². The Morgan fingerprint density at radius 3 is 2.68 bits per heavy atom. The predicted molar refractivity (Wildman–Crippen MR) is 68.6 cm³/mol. The summed E-state index contributed by atoms with van der Waals surface area (Å²) in [6.07, 6.45) is 1.45. The zero-order chi connectivity index (χ0) is 14.4. The minimum Gasteiger partial charge on any atom is -0.478 e. The number of nitrogens with zero attached hydrogens (tertiary/aromatic N) is 2. The van der Waals surface area contributed by atoms with E-state index in [2.05, 4.69) is 4.98 Å². The number of nitrogens with one attached hydrogen (secondary N) is 1. The molecular weight excluding hydrogens is 270 g/mol. The van der Waals surface area contributed by atoms with E-state index in [1.165, 1.54) is 23.3 Å². The van der Waals surface area contributed by atoms with E-state index >= 15 is 0 Å². The highest BCUT2D eigenvalue weighted by Gasteiger charge is 2.13. The van der Waals surface area contributed by atoms with Crippen LogP contribution in [0.5, 0.6) is 0 Å². The predicted octanol–water partition coefficient (Wildman–Crippen LogP) is 0.760. The molecule has 0 saturated heterocycles. The molecule has 0 aliphatic carbocycles. The highest BCUT2D eigenvalue weighted by atomic mass is 32.1. The van der Waals surface area contributed by atoms with Crippen molar-refractivity contribution in [2.24, 2.45) is 0 Å². The molecule has 2 N–H and O–H groups in total. The van der Waals surface area contributed by atoms with Gasteiger partial charge in [0.05, 0.1) is 17.7 Å². The largest absolute Gasteiger partial charge is 0.478 e. The van der Waals surface area contributed by atoms with Crippen LogP contribution >= 0.6 is 11.3 Å². The Hall–Kier alpha value is -2.22. The number of hydrogen-bond acceptors (Lipinski definition) is 5. The molecule has 102 valence electrons. The average Bonchev–Trinajstić information content (AvgIpc) is 2.72. The second kappa shape index (κ2) is 6.64. The van der Waals surface area contributed by atoms with E-state index in [4.69, 9.17) is 5.11 Å². The van der Waals surface area contributed by atoms with Gasteiger partial charge in [-0.25, -0.2) is 14.6 Å². The van der Waals surface area contributed by atoms with Gasteiger partial charge in [-0.1, -0.05) is 0 Å². The topological polar surface area (TPSA) is 99.6 Å². The molecule has 19 heavy (non-hydrogen) atoms. The van der Waals surface area contributed by atoms with E-state index in [1.54, 1.807) is 5.51 Å². The number of aliphatic carboxylic acids is 1. The molecule has 1 aromatic heterocycles. The lowest BCUT2D eigenvalue weighted by Crippen LogP contribution is -2.39. The maximum atomic E-state index is 11.6. The van der Waals surface area contributed by atoms with Crippen molar-refractivity contribution in [2.45, 2.75) is 13.5 Å². The fraction of sp³-hybridized carbons (Fsp3) is 0.273. The molecule has 0 atom stereocenters. The van der Waals surface area contributed by atoms with Crippen LogP contribution in [0, 0.1) is 6.92 Å². The van der Waals surface area contributed by atoms with Crippen LogP contribution in [0.1, 0.15) is 10.6 Å². The molecule has 0 spiro atoms. The first kappa shape index (κ1) is 14.8. The molecule has 0 aliphatic rings. The van der Waals surface area contributed by atoms with Crippen LogP contribution in [0.15, 0.2) is 17.7 Å². The summed E-state index contributed by atoms with van der Waals surface area (Å²) in [4.78, 5) is 39.3. The molecule has 0 fully saturated rings. The highest BCUT2D eigenvalue weighted by Crippen LogP contribution is 2.13. The first-order valence-electron chi connectivity index (χ1n) is 5.26. The molecule has 1 rings (SSSR count). The van der Waals surface area contributed by atoms with Crippen LogP contribution in [-0.2, 0) is 16.1 Å². The van der Waals surface area contributed by atoms with E-state index in [1.807, 2.05) is 12.2 Å². The van der Waals surface area contributed by atoms with Crippen LogP contribution in [0.2, 0.25) is 0 Å². The molecule has 1 aromatic rings. The Morgan fingerprint density at radius 1 is 1.47 bits per heavy atom. The summed E-state index contributed by atoms with van der Waals surface area (Å²) < 4.78 is 0. The molecule has 0 aromatic carbocycles. The highest BCUT2D eigenvalue weighted by molar-refractivity contribution is 7.09. The zero-order valence-electron chi connectivity index (χ0n) is 10.4. The van der Waals surface area contributed by atoms with Crippen LogP contribution in [0.4, 0.5) is 4.79 Å². The minimum absolute atomic E-state index is 0.332. The fourth-order valence-electron chi connectivity index (χ4n) is 1.15. The third kappa shape index (κ3) is 4.88. The van der Waals surface area contributed by atoms with Crippen LogP contribution < -0.4 is 5.32 Å². The zero-order valence-corrected chi connectivity index (χ0v) is 11.2. The van der Waals surface area contributed by atoms with Gasteiger partial charge >= 0.3 is 12.0 Å². The Bertz CT molecular complexity index is 524. The van der Waals surface area contributed by atoms with E-state index < -0.39 is 17.9 Å². The first-order chi connectivity index (χ1) is 8.90. The van der Waals surface area contributed by atoms with Crippen molar-refractivity contribution in [1.82, 2.24) is 15.2 Å². The summed E-state index contributed by atoms with van der Waals surface area (Å²) in [5.74, 6) is -2.03. The average molecular weight is 283 g/mol. The Labute approximate surface area is 113 Å². The van der Waals surface area contributed by atoms with E-state index in [0.29, 0.717) is 12.6 Å². The SMILES string of the molecule is Cc1ncsc1CN(C)C(=O)NC(=O)C=CC(=O)O. The van der Waals surface area contributed by atoms with Crippen LogP contribution in [0.3, 0.4) is 0 Å². The Balaban J connectivity index is 2.51. The minimum atomic E-state index is -1.25. The molecule has 0 bridgehead atoms. The number of imide groups is 1. The third-order valence-electron chi connectivity index (χ3n) is 2.18. The van der Waals surface area contributed by atoms with Gasteiger partial charge in [0.15, 0.2) is 0 Å². The second-order valence-electron chi connectivity index (χ2n) is 3.68. The van der Waals surface area contributed by atoms with Crippen LogP contribution in [0.25, 0.3) is 0 Å². The number of thiazole rings is 1. The van der Waals surface area contributed by atoms with Gasteiger partial charge in [0.25, 0.3) is 5.91 Å². The maximum absolute atomic E-state index is 11.6. The fourth-order valence-corrected chi connectivity index (χ4v) is 1.98. The van der Waals surface area contributed by atoms with Gasteiger partial charge in [-0.2, -0.15) is 0 Å². The number of amides is 3. The number of urea groups is 1. The summed E-state index contributed by atoms with van der Waals surface area (Å²) in [5.41, 5.74) is 2.51. The summed E-state index contributed by atoms with van der Waals surface area (Å²) in [6, 6.07) is -0.604. The lowest BCUT2D eigenvalue weighted by molar-refractivity contribution is -0.131. The van der Waals surface area contributed by atoms with Gasteiger partial charge in [0.2, 0.25) is 0 Å². The van der Waals surface area contributed by atoms with Gasteiger partial charge in [-0.15, -0.1) is 11.3 Å². The Kier molecular flexibility index (Phi) is 5.19. The number of carboxylic acids is 1. The summed E-state index contributed by atoms with van der Waals surface area (Å²) in [6.45, 7) is 2.16.